The van der Waals surface area contributed by atoms with Gasteiger partial charge in [-0.1, -0.05) is 6.07 Å². The molecule has 0 radical (unpaired) electrons. The smallest absolute Gasteiger partial charge is 0.246 e. The quantitative estimate of drug-likeness (QED) is 0.603. The van der Waals surface area contributed by atoms with Crippen molar-refractivity contribution in [1.82, 2.24) is 29.1 Å². The Morgan fingerprint density at radius 1 is 1.15 bits per heavy atom. The number of anilines is 3. The summed E-state index contributed by atoms with van der Waals surface area (Å²) < 4.78 is 3.76. The number of fused-ring (bicyclic) bond motifs is 1. The molecule has 1 atom stereocenters. The van der Waals surface area contributed by atoms with Gasteiger partial charge < -0.3 is 14.8 Å². The molecule has 1 fully saturated rings. The molecular formula is C19H20N8. The van der Waals surface area contributed by atoms with E-state index >= 15 is 0 Å². The number of imidazole rings is 1. The highest BCUT2D eigenvalue weighted by molar-refractivity contribution is 5.73. The Hall–Kier alpha value is -3.42. The topological polar surface area (TPSA) is 76.2 Å². The largest absolute Gasteiger partial charge is 0.338 e. The minimum absolute atomic E-state index is 0.196. The van der Waals surface area contributed by atoms with Crippen LogP contribution in [0.3, 0.4) is 0 Å². The molecule has 1 aliphatic heterocycles. The fraction of sp³-hybridized carbons (Fsp3) is 0.263. The van der Waals surface area contributed by atoms with Gasteiger partial charge in [0.1, 0.15) is 11.3 Å². The van der Waals surface area contributed by atoms with Crippen molar-refractivity contribution < 1.29 is 0 Å². The van der Waals surface area contributed by atoms with Crippen LogP contribution in [0.4, 0.5) is 17.6 Å². The van der Waals surface area contributed by atoms with E-state index in [9.17, 15) is 0 Å². The van der Waals surface area contributed by atoms with Crippen LogP contribution >= 0.6 is 0 Å². The van der Waals surface area contributed by atoms with Gasteiger partial charge in [-0.05, 0) is 37.1 Å². The van der Waals surface area contributed by atoms with Crippen LogP contribution in [-0.4, -0.2) is 35.7 Å². The van der Waals surface area contributed by atoms with Crippen molar-refractivity contribution >= 4 is 23.1 Å². The fourth-order valence-electron chi connectivity index (χ4n) is 3.62. The minimum Gasteiger partial charge on any atom is -0.338 e. The van der Waals surface area contributed by atoms with Crippen LogP contribution in [-0.2, 0) is 7.05 Å². The van der Waals surface area contributed by atoms with Crippen molar-refractivity contribution in [2.75, 3.05) is 16.8 Å². The van der Waals surface area contributed by atoms with Crippen LogP contribution < -0.4 is 10.2 Å². The zero-order chi connectivity index (χ0) is 18.2. The molecule has 1 aliphatic rings. The Kier molecular flexibility index (Phi) is 3.74. The molecule has 0 aromatic carbocycles. The molecule has 1 saturated heterocycles. The zero-order valence-electron chi connectivity index (χ0n) is 15.0. The summed E-state index contributed by atoms with van der Waals surface area (Å²) in [4.78, 5) is 16.0. The fourth-order valence-corrected chi connectivity index (χ4v) is 3.62. The predicted octanol–water partition coefficient (Wildman–Crippen LogP) is 2.94. The van der Waals surface area contributed by atoms with Crippen molar-refractivity contribution in [1.29, 1.82) is 0 Å². The summed E-state index contributed by atoms with van der Waals surface area (Å²) in [6.45, 7) is 0.914. The highest BCUT2D eigenvalue weighted by atomic mass is 15.4. The van der Waals surface area contributed by atoms with Crippen molar-refractivity contribution in [2.45, 2.75) is 18.9 Å². The molecule has 0 aliphatic carbocycles. The lowest BCUT2D eigenvalue weighted by Gasteiger charge is -2.24. The molecule has 4 aromatic heterocycles. The second-order valence-corrected chi connectivity index (χ2v) is 6.75. The van der Waals surface area contributed by atoms with Gasteiger partial charge in [0.2, 0.25) is 5.95 Å². The van der Waals surface area contributed by atoms with Gasteiger partial charge >= 0.3 is 0 Å². The highest BCUT2D eigenvalue weighted by Crippen LogP contribution is 2.34. The number of hydrogen-bond acceptors (Lipinski definition) is 6. The van der Waals surface area contributed by atoms with Crippen LogP contribution in [0.25, 0.3) is 5.52 Å². The monoisotopic (exact) mass is 360 g/mol. The Bertz CT molecular complexity index is 1070. The van der Waals surface area contributed by atoms with Gasteiger partial charge in [-0.2, -0.15) is 4.98 Å². The standard InChI is InChI=1S/C19H20N8/c1-25-12-17(21-13-25)22-18-16-8-5-11-27(16)24-19(23-18)26-10-4-7-15(26)14-6-2-3-9-20-14/h2-3,5-6,8-9,11-13,15H,4,7,10H2,1H3,(H,22,23,24)/t15-/m0/s1. The average molecular weight is 360 g/mol. The van der Waals surface area contributed by atoms with E-state index in [0.29, 0.717) is 5.95 Å². The second-order valence-electron chi connectivity index (χ2n) is 6.75. The molecule has 0 bridgehead atoms. The molecule has 5 heterocycles. The lowest BCUT2D eigenvalue weighted by molar-refractivity contribution is 0.670. The third kappa shape index (κ3) is 2.88. The first-order chi connectivity index (χ1) is 13.3. The molecule has 8 nitrogen and oxygen atoms in total. The molecule has 27 heavy (non-hydrogen) atoms. The molecule has 136 valence electrons. The molecule has 0 spiro atoms. The zero-order valence-corrected chi connectivity index (χ0v) is 15.0. The van der Waals surface area contributed by atoms with Crippen LogP contribution in [0, 0.1) is 0 Å². The van der Waals surface area contributed by atoms with E-state index in [0.717, 1.165) is 42.2 Å². The van der Waals surface area contributed by atoms with E-state index in [-0.39, 0.29) is 6.04 Å². The normalized spacial score (nSPS) is 16.9. The molecule has 0 amide bonds. The van der Waals surface area contributed by atoms with Gasteiger partial charge in [0, 0.05) is 32.2 Å². The van der Waals surface area contributed by atoms with Crippen molar-refractivity contribution in [2.24, 2.45) is 7.05 Å². The summed E-state index contributed by atoms with van der Waals surface area (Å²) in [6, 6.07) is 10.2. The van der Waals surface area contributed by atoms with E-state index in [4.69, 9.17) is 10.1 Å². The Labute approximate surface area is 156 Å². The number of pyridine rings is 1. The number of aryl methyl sites for hydroxylation is 1. The first-order valence-electron chi connectivity index (χ1n) is 9.06. The molecular weight excluding hydrogens is 340 g/mol. The number of nitrogens with one attached hydrogen (secondary N) is 1. The van der Waals surface area contributed by atoms with Gasteiger partial charge in [0.25, 0.3) is 0 Å². The molecule has 5 rings (SSSR count). The number of aromatic nitrogens is 6. The van der Waals surface area contributed by atoms with Gasteiger partial charge in [-0.3, -0.25) is 4.98 Å². The van der Waals surface area contributed by atoms with E-state index in [2.05, 4.69) is 26.3 Å². The Morgan fingerprint density at radius 3 is 2.93 bits per heavy atom. The average Bonchev–Trinajstić information content (AvgIpc) is 3.42. The Balaban J connectivity index is 1.55. The van der Waals surface area contributed by atoms with Gasteiger partial charge in [0.05, 0.1) is 18.1 Å². The maximum absolute atomic E-state index is 4.84. The summed E-state index contributed by atoms with van der Waals surface area (Å²) in [5.41, 5.74) is 1.98. The number of rotatable bonds is 4. The van der Waals surface area contributed by atoms with Crippen LogP contribution in [0.1, 0.15) is 24.6 Å². The lowest BCUT2D eigenvalue weighted by atomic mass is 10.1. The van der Waals surface area contributed by atoms with Crippen molar-refractivity contribution in [3.63, 3.8) is 0 Å². The Morgan fingerprint density at radius 2 is 2.11 bits per heavy atom. The first kappa shape index (κ1) is 15.8. The summed E-state index contributed by atoms with van der Waals surface area (Å²) in [7, 11) is 1.94. The molecule has 0 unspecified atom stereocenters. The van der Waals surface area contributed by atoms with Crippen LogP contribution in [0.5, 0.6) is 0 Å². The predicted molar refractivity (Wildman–Crippen MR) is 103 cm³/mol. The lowest BCUT2D eigenvalue weighted by Crippen LogP contribution is -2.26. The van der Waals surface area contributed by atoms with Crippen LogP contribution in [0.15, 0.2) is 55.2 Å². The number of nitrogens with zero attached hydrogens (tertiary/aromatic N) is 7. The highest BCUT2D eigenvalue weighted by Gasteiger charge is 2.29. The maximum Gasteiger partial charge on any atom is 0.246 e. The third-order valence-electron chi connectivity index (χ3n) is 4.87. The summed E-state index contributed by atoms with van der Waals surface area (Å²) in [5, 5.41) is 8.06. The summed E-state index contributed by atoms with van der Waals surface area (Å²) in [5.74, 6) is 2.20. The first-order valence-corrected chi connectivity index (χ1v) is 9.06. The maximum atomic E-state index is 4.84. The van der Waals surface area contributed by atoms with Crippen LogP contribution in [0.2, 0.25) is 0 Å². The van der Waals surface area contributed by atoms with Crippen molar-refractivity contribution in [3.05, 3.63) is 60.9 Å². The SMILES string of the molecule is Cn1cnc(Nc2nc(N3CCC[C@H]3c3ccccn3)nn3cccc23)c1. The van der Waals surface area contributed by atoms with Gasteiger partial charge in [-0.25, -0.2) is 9.50 Å². The third-order valence-corrected chi connectivity index (χ3v) is 4.87. The van der Waals surface area contributed by atoms with E-state index in [1.807, 2.05) is 59.0 Å². The molecule has 4 aromatic rings. The van der Waals surface area contributed by atoms with E-state index in [1.165, 1.54) is 0 Å². The van der Waals surface area contributed by atoms with Gasteiger partial charge in [-0.15, -0.1) is 5.10 Å². The van der Waals surface area contributed by atoms with E-state index in [1.54, 1.807) is 6.33 Å². The second kappa shape index (κ2) is 6.39. The molecule has 8 heteroatoms. The van der Waals surface area contributed by atoms with Gasteiger partial charge in [0.15, 0.2) is 5.82 Å². The summed E-state index contributed by atoms with van der Waals surface area (Å²) >= 11 is 0. The molecule has 1 N–H and O–H groups in total. The van der Waals surface area contributed by atoms with E-state index < -0.39 is 0 Å². The molecule has 0 saturated carbocycles. The number of hydrogen-bond donors (Lipinski definition) is 1. The minimum atomic E-state index is 0.196. The van der Waals surface area contributed by atoms with Crippen molar-refractivity contribution in [3.8, 4) is 0 Å². The summed E-state index contributed by atoms with van der Waals surface area (Å²) in [6.07, 6.45) is 9.61.